The van der Waals surface area contributed by atoms with Gasteiger partial charge in [0.05, 0.1) is 5.69 Å². The van der Waals surface area contributed by atoms with Gasteiger partial charge < -0.3 is 9.32 Å². The van der Waals surface area contributed by atoms with Crippen LogP contribution in [0.15, 0.2) is 168 Å². The number of fused-ring (bicyclic) bond motifs is 6. The molecule has 0 atom stereocenters. The zero-order valence-electron chi connectivity index (χ0n) is 26.4. The lowest BCUT2D eigenvalue weighted by Gasteiger charge is -2.30. The quantitative estimate of drug-likeness (QED) is 0.195. The molecule has 47 heavy (non-hydrogen) atoms. The third kappa shape index (κ3) is 4.40. The molecule has 9 rings (SSSR count). The number of hydrogen-bond donors (Lipinski definition) is 0. The predicted octanol–water partition coefficient (Wildman–Crippen LogP) is 12.7. The molecule has 0 spiro atoms. The smallest absolute Gasteiger partial charge is 0.137 e. The summed E-state index contributed by atoms with van der Waals surface area (Å²) in [7, 11) is 0. The fourth-order valence-corrected chi connectivity index (χ4v) is 7.50. The summed E-state index contributed by atoms with van der Waals surface area (Å²) in [5, 5.41) is 2.26. The molecule has 2 heteroatoms. The van der Waals surface area contributed by atoms with Crippen molar-refractivity contribution in [2.75, 3.05) is 4.90 Å². The van der Waals surface area contributed by atoms with Crippen molar-refractivity contribution in [1.29, 1.82) is 0 Å². The van der Waals surface area contributed by atoms with Crippen molar-refractivity contribution in [2.24, 2.45) is 0 Å². The van der Waals surface area contributed by atoms with Crippen molar-refractivity contribution in [3.05, 3.63) is 175 Å². The SMILES string of the molecule is CC1(C)c2ccccc2-c2ccc(N(c3ccc4c(c3)oc3ccccc34)c3ccc(-c4ccccc4)cc3-c3ccccc3)cc21. The zero-order valence-corrected chi connectivity index (χ0v) is 26.4. The van der Waals surface area contributed by atoms with E-state index in [1.54, 1.807) is 0 Å². The molecule has 0 amide bonds. The van der Waals surface area contributed by atoms with Crippen LogP contribution in [-0.4, -0.2) is 0 Å². The van der Waals surface area contributed by atoms with Gasteiger partial charge in [-0.05, 0) is 81.4 Å². The first-order valence-corrected chi connectivity index (χ1v) is 16.3. The lowest BCUT2D eigenvalue weighted by atomic mass is 9.82. The molecule has 0 saturated carbocycles. The molecule has 224 valence electrons. The Morgan fingerprint density at radius 2 is 1.06 bits per heavy atom. The van der Waals surface area contributed by atoms with Crippen LogP contribution >= 0.6 is 0 Å². The van der Waals surface area contributed by atoms with Gasteiger partial charge in [0.2, 0.25) is 0 Å². The van der Waals surface area contributed by atoms with Crippen molar-refractivity contribution in [3.63, 3.8) is 0 Å². The molecule has 1 aromatic heterocycles. The lowest BCUT2D eigenvalue weighted by Crippen LogP contribution is -2.17. The molecule has 0 saturated heterocycles. The second-order valence-electron chi connectivity index (χ2n) is 13.0. The molecule has 0 N–H and O–H groups in total. The van der Waals surface area contributed by atoms with E-state index >= 15 is 0 Å². The van der Waals surface area contributed by atoms with Gasteiger partial charge >= 0.3 is 0 Å². The number of anilines is 3. The maximum absolute atomic E-state index is 6.43. The Morgan fingerprint density at radius 3 is 1.89 bits per heavy atom. The molecule has 0 fully saturated rings. The van der Waals surface area contributed by atoms with E-state index in [4.69, 9.17) is 4.42 Å². The number of hydrogen-bond acceptors (Lipinski definition) is 2. The van der Waals surface area contributed by atoms with Gasteiger partial charge in [0.25, 0.3) is 0 Å². The van der Waals surface area contributed by atoms with Gasteiger partial charge in [0.1, 0.15) is 11.2 Å². The van der Waals surface area contributed by atoms with E-state index in [1.807, 2.05) is 12.1 Å². The molecule has 0 unspecified atom stereocenters. The van der Waals surface area contributed by atoms with Crippen LogP contribution < -0.4 is 4.90 Å². The molecule has 8 aromatic rings. The average Bonchev–Trinajstić information content (AvgIpc) is 3.61. The predicted molar refractivity (Wildman–Crippen MR) is 197 cm³/mol. The minimum absolute atomic E-state index is 0.115. The van der Waals surface area contributed by atoms with Gasteiger partial charge in [0, 0.05) is 39.2 Å². The Hall–Kier alpha value is -5.86. The Bertz CT molecular complexity index is 2440. The average molecular weight is 604 g/mol. The molecule has 7 aromatic carbocycles. The summed E-state index contributed by atoms with van der Waals surface area (Å²) in [6.07, 6.45) is 0. The lowest BCUT2D eigenvalue weighted by molar-refractivity contribution is 0.660. The van der Waals surface area contributed by atoms with Crippen LogP contribution in [0.3, 0.4) is 0 Å². The van der Waals surface area contributed by atoms with Crippen LogP contribution in [-0.2, 0) is 5.41 Å². The topological polar surface area (TPSA) is 16.4 Å². The highest BCUT2D eigenvalue weighted by Gasteiger charge is 2.36. The summed E-state index contributed by atoms with van der Waals surface area (Å²) in [5.74, 6) is 0. The van der Waals surface area contributed by atoms with E-state index < -0.39 is 0 Å². The monoisotopic (exact) mass is 603 g/mol. The van der Waals surface area contributed by atoms with Gasteiger partial charge in [-0.25, -0.2) is 0 Å². The molecule has 0 aliphatic heterocycles. The first-order chi connectivity index (χ1) is 23.1. The van der Waals surface area contributed by atoms with Crippen molar-refractivity contribution < 1.29 is 4.42 Å². The van der Waals surface area contributed by atoms with E-state index in [-0.39, 0.29) is 5.41 Å². The largest absolute Gasteiger partial charge is 0.456 e. The van der Waals surface area contributed by atoms with Gasteiger partial charge in [-0.3, -0.25) is 0 Å². The van der Waals surface area contributed by atoms with E-state index in [9.17, 15) is 0 Å². The molecular weight excluding hydrogens is 571 g/mol. The Balaban J connectivity index is 1.30. The number of furan rings is 1. The molecule has 1 aliphatic carbocycles. The summed E-state index contributed by atoms with van der Waals surface area (Å²) < 4.78 is 6.43. The minimum Gasteiger partial charge on any atom is -0.456 e. The van der Waals surface area contributed by atoms with Crippen LogP contribution in [0, 0.1) is 0 Å². The van der Waals surface area contributed by atoms with Crippen molar-refractivity contribution in [3.8, 4) is 33.4 Å². The number of rotatable bonds is 5. The van der Waals surface area contributed by atoms with Gasteiger partial charge in [-0.2, -0.15) is 0 Å². The van der Waals surface area contributed by atoms with Crippen molar-refractivity contribution in [2.45, 2.75) is 19.3 Å². The normalized spacial score (nSPS) is 13.1. The van der Waals surface area contributed by atoms with Gasteiger partial charge in [-0.15, -0.1) is 0 Å². The zero-order chi connectivity index (χ0) is 31.5. The van der Waals surface area contributed by atoms with Crippen molar-refractivity contribution in [1.82, 2.24) is 0 Å². The van der Waals surface area contributed by atoms with Crippen LogP contribution in [0.25, 0.3) is 55.3 Å². The van der Waals surface area contributed by atoms with Crippen LogP contribution in [0.4, 0.5) is 17.1 Å². The van der Waals surface area contributed by atoms with E-state index in [0.717, 1.165) is 39.0 Å². The summed E-state index contributed by atoms with van der Waals surface area (Å²) in [6.45, 7) is 4.69. The molecule has 1 aliphatic rings. The fraction of sp³-hybridized carbons (Fsp3) is 0.0667. The Morgan fingerprint density at radius 1 is 0.426 bits per heavy atom. The summed E-state index contributed by atoms with van der Waals surface area (Å²) in [6, 6.07) is 59.0. The third-order valence-electron chi connectivity index (χ3n) is 9.88. The number of benzene rings is 7. The maximum Gasteiger partial charge on any atom is 0.137 e. The summed E-state index contributed by atoms with van der Waals surface area (Å²) >= 11 is 0. The standard InChI is InChI=1S/C45H33NO/c1-45(2)40-19-11-9-17-35(40)36-24-22-33(28-41(36)45)46(34-23-25-38-37-18-10-12-20-43(37)47-44(38)29-34)42-26-21-32(30-13-5-3-6-14-30)27-39(42)31-15-7-4-8-16-31/h3-29H,1-2H3. The molecule has 0 bridgehead atoms. The maximum atomic E-state index is 6.43. The van der Waals surface area contributed by atoms with E-state index in [2.05, 4.69) is 170 Å². The van der Waals surface area contributed by atoms with E-state index in [1.165, 1.54) is 44.5 Å². The Labute approximate surface area is 275 Å². The van der Waals surface area contributed by atoms with Gasteiger partial charge in [0.15, 0.2) is 0 Å². The first-order valence-electron chi connectivity index (χ1n) is 16.3. The first kappa shape index (κ1) is 27.5. The third-order valence-corrected chi connectivity index (χ3v) is 9.88. The van der Waals surface area contributed by atoms with Crippen LogP contribution in [0.1, 0.15) is 25.0 Å². The number of nitrogens with zero attached hydrogens (tertiary/aromatic N) is 1. The summed E-state index contributed by atoms with van der Waals surface area (Å²) in [5.41, 5.74) is 15.0. The molecular formula is C45H33NO. The Kier molecular flexibility index (Phi) is 6.20. The second-order valence-corrected chi connectivity index (χ2v) is 13.0. The highest BCUT2D eigenvalue weighted by atomic mass is 16.3. The highest BCUT2D eigenvalue weighted by molar-refractivity contribution is 6.06. The molecule has 2 nitrogen and oxygen atoms in total. The fourth-order valence-electron chi connectivity index (χ4n) is 7.50. The molecule has 1 heterocycles. The van der Waals surface area contributed by atoms with Crippen LogP contribution in [0.2, 0.25) is 0 Å². The van der Waals surface area contributed by atoms with Crippen LogP contribution in [0.5, 0.6) is 0 Å². The second kappa shape index (κ2) is 10.6. The summed E-state index contributed by atoms with van der Waals surface area (Å²) in [4.78, 5) is 2.41. The minimum atomic E-state index is -0.115. The number of para-hydroxylation sites is 1. The van der Waals surface area contributed by atoms with E-state index in [0.29, 0.717) is 0 Å². The molecule has 0 radical (unpaired) electrons. The highest BCUT2D eigenvalue weighted by Crippen LogP contribution is 2.51. The van der Waals surface area contributed by atoms with Crippen molar-refractivity contribution >= 4 is 39.0 Å². The van der Waals surface area contributed by atoms with Gasteiger partial charge in [-0.1, -0.05) is 129 Å².